The molecule has 4 aromatic rings. The Kier molecular flexibility index (Phi) is 8.31. The maximum Gasteiger partial charge on any atom is 0.216 e. The molecular weight excluding hydrogens is 562 g/mol. The number of aliphatic hydroxyl groups excluding tert-OH is 1. The standard InChI is InChI=1S/C28H36FN9OS2/c1-7-20-23(36(6)25-32-22(21(15-30)40-25)17-10-12-18(29)13-11-17)38-26(31-20)41-27(34-38)37-14-8-9-19(16-37)35(5)24(39)33-28(2,3)4/h10-13,19,24,33,39H,7-9,14,16H2,1-6H3. The SMILES string of the molecule is CCc1nc2sc(N3CCCC(N(C)C(O)NC(C)(C)C)C3)nn2c1N(C)c1nc(-c2ccc(F)cc2)c(C#N)s1. The lowest BCUT2D eigenvalue weighted by atomic mass is 10.0. The summed E-state index contributed by atoms with van der Waals surface area (Å²) in [6.07, 6.45) is 1.96. The van der Waals surface area contributed by atoms with Gasteiger partial charge >= 0.3 is 0 Å². The van der Waals surface area contributed by atoms with E-state index >= 15 is 0 Å². The second-order valence-corrected chi connectivity index (χ2v) is 13.3. The Bertz CT molecular complexity index is 1550. The molecule has 0 bridgehead atoms. The highest BCUT2D eigenvalue weighted by atomic mass is 32.1. The van der Waals surface area contributed by atoms with Crippen molar-refractivity contribution in [3.63, 3.8) is 0 Å². The number of piperidine rings is 1. The number of nitrogens with zero attached hydrogens (tertiary/aromatic N) is 8. The number of nitriles is 1. The summed E-state index contributed by atoms with van der Waals surface area (Å²) in [7, 11) is 3.86. The second kappa shape index (κ2) is 11.6. The van der Waals surface area contributed by atoms with E-state index in [2.05, 4.69) is 23.2 Å². The minimum absolute atomic E-state index is 0.169. The van der Waals surface area contributed by atoms with Gasteiger partial charge in [-0.15, -0.1) is 5.10 Å². The van der Waals surface area contributed by atoms with E-state index in [9.17, 15) is 14.8 Å². The number of rotatable bonds is 8. The van der Waals surface area contributed by atoms with Gasteiger partial charge in [-0.3, -0.25) is 10.2 Å². The van der Waals surface area contributed by atoms with Crippen molar-refractivity contribution < 1.29 is 9.50 Å². The highest BCUT2D eigenvalue weighted by Gasteiger charge is 2.31. The van der Waals surface area contributed by atoms with E-state index in [0.29, 0.717) is 27.7 Å². The van der Waals surface area contributed by atoms with Crippen LogP contribution in [0.1, 0.15) is 51.1 Å². The fourth-order valence-corrected chi connectivity index (χ4v) is 6.84. The molecule has 1 saturated heterocycles. The molecule has 2 atom stereocenters. The van der Waals surface area contributed by atoms with Gasteiger partial charge < -0.3 is 14.9 Å². The zero-order valence-electron chi connectivity index (χ0n) is 24.2. The molecule has 2 unspecified atom stereocenters. The molecule has 218 valence electrons. The predicted molar refractivity (Wildman–Crippen MR) is 162 cm³/mol. The maximum atomic E-state index is 13.5. The van der Waals surface area contributed by atoms with Crippen molar-refractivity contribution in [1.29, 1.82) is 5.26 Å². The molecule has 0 radical (unpaired) electrons. The van der Waals surface area contributed by atoms with Gasteiger partial charge in [0.1, 0.15) is 22.5 Å². The first-order valence-corrected chi connectivity index (χ1v) is 15.3. The summed E-state index contributed by atoms with van der Waals surface area (Å²) in [5.41, 5.74) is 1.91. The summed E-state index contributed by atoms with van der Waals surface area (Å²) in [6.45, 7) is 9.81. The molecule has 5 rings (SSSR count). The van der Waals surface area contributed by atoms with Crippen LogP contribution in [0.4, 0.5) is 20.5 Å². The van der Waals surface area contributed by atoms with Gasteiger partial charge in [0.05, 0.1) is 5.69 Å². The Hall–Kier alpha value is -3.15. The Balaban J connectivity index is 1.42. The van der Waals surface area contributed by atoms with Gasteiger partial charge in [0.25, 0.3) is 0 Å². The number of halogens is 1. The first-order chi connectivity index (χ1) is 19.5. The van der Waals surface area contributed by atoms with Crippen LogP contribution in [0.2, 0.25) is 0 Å². The zero-order chi connectivity index (χ0) is 29.5. The molecule has 0 aliphatic carbocycles. The summed E-state index contributed by atoms with van der Waals surface area (Å²) < 4.78 is 15.4. The maximum absolute atomic E-state index is 13.5. The molecule has 1 aromatic carbocycles. The van der Waals surface area contributed by atoms with Crippen LogP contribution in [0, 0.1) is 17.1 Å². The van der Waals surface area contributed by atoms with Gasteiger partial charge in [-0.2, -0.15) is 9.78 Å². The normalized spacial score (nSPS) is 16.9. The number of aliphatic hydroxyl groups is 1. The number of likely N-dealkylation sites (N-methyl/N-ethyl adjacent to an activating group) is 1. The van der Waals surface area contributed by atoms with Crippen LogP contribution < -0.4 is 15.1 Å². The molecule has 1 aliphatic rings. The number of anilines is 3. The minimum Gasteiger partial charge on any atom is -0.365 e. The van der Waals surface area contributed by atoms with Crippen LogP contribution in [0.25, 0.3) is 16.2 Å². The quantitative estimate of drug-likeness (QED) is 0.276. The lowest BCUT2D eigenvalue weighted by Crippen LogP contribution is -2.57. The smallest absolute Gasteiger partial charge is 0.216 e. The van der Waals surface area contributed by atoms with Gasteiger partial charge in [0.2, 0.25) is 10.1 Å². The molecule has 10 nitrogen and oxygen atoms in total. The second-order valence-electron chi connectivity index (χ2n) is 11.3. The summed E-state index contributed by atoms with van der Waals surface area (Å²) in [5.74, 6) is 0.474. The molecule has 41 heavy (non-hydrogen) atoms. The van der Waals surface area contributed by atoms with Crippen molar-refractivity contribution in [3.05, 3.63) is 40.7 Å². The lowest BCUT2D eigenvalue weighted by Gasteiger charge is -2.41. The minimum atomic E-state index is -0.739. The first kappa shape index (κ1) is 29.3. The highest BCUT2D eigenvalue weighted by Crippen LogP contribution is 2.38. The first-order valence-electron chi connectivity index (χ1n) is 13.7. The van der Waals surface area contributed by atoms with E-state index in [-0.39, 0.29) is 17.4 Å². The lowest BCUT2D eigenvalue weighted by molar-refractivity contribution is -0.0484. The predicted octanol–water partition coefficient (Wildman–Crippen LogP) is 4.82. The van der Waals surface area contributed by atoms with Crippen LogP contribution in [0.15, 0.2) is 24.3 Å². The van der Waals surface area contributed by atoms with Crippen molar-refractivity contribution >= 4 is 43.7 Å². The summed E-state index contributed by atoms with van der Waals surface area (Å²) in [6, 6.07) is 8.43. The van der Waals surface area contributed by atoms with Crippen LogP contribution in [-0.2, 0) is 6.42 Å². The van der Waals surface area contributed by atoms with Crippen LogP contribution in [0.3, 0.4) is 0 Å². The molecule has 0 saturated carbocycles. The molecule has 3 aromatic heterocycles. The topological polar surface area (TPSA) is 109 Å². The van der Waals surface area contributed by atoms with E-state index in [1.54, 1.807) is 23.5 Å². The molecule has 1 fully saturated rings. The number of thiazole rings is 1. The van der Waals surface area contributed by atoms with Crippen LogP contribution in [0.5, 0.6) is 0 Å². The van der Waals surface area contributed by atoms with Crippen molar-refractivity contribution in [2.75, 3.05) is 37.0 Å². The third kappa shape index (κ3) is 6.07. The number of hydrogen-bond acceptors (Lipinski definition) is 11. The number of benzene rings is 1. The Morgan fingerprint density at radius 3 is 2.61 bits per heavy atom. The van der Waals surface area contributed by atoms with Gasteiger partial charge in [-0.1, -0.05) is 29.6 Å². The zero-order valence-corrected chi connectivity index (χ0v) is 25.9. The van der Waals surface area contributed by atoms with Crippen LogP contribution >= 0.6 is 22.7 Å². The Morgan fingerprint density at radius 2 is 1.95 bits per heavy atom. The monoisotopic (exact) mass is 597 g/mol. The molecule has 0 spiro atoms. The Morgan fingerprint density at radius 1 is 1.22 bits per heavy atom. The number of aromatic nitrogens is 4. The number of nitrogens with one attached hydrogen (secondary N) is 1. The molecule has 0 amide bonds. The van der Waals surface area contributed by atoms with Crippen LogP contribution in [-0.4, -0.2) is 74.7 Å². The summed E-state index contributed by atoms with van der Waals surface area (Å²) in [5, 5.41) is 30.3. The van der Waals surface area contributed by atoms with E-state index < -0.39 is 6.35 Å². The van der Waals surface area contributed by atoms with Gasteiger partial charge in [-0.05, 0) is 71.3 Å². The van der Waals surface area contributed by atoms with Crippen molar-refractivity contribution in [3.8, 4) is 17.3 Å². The number of aryl methyl sites for hydroxylation is 1. The molecule has 1 aliphatic heterocycles. The van der Waals surface area contributed by atoms with Gasteiger partial charge in [0, 0.05) is 37.3 Å². The van der Waals surface area contributed by atoms with Crippen molar-refractivity contribution in [2.45, 2.75) is 64.9 Å². The number of imidazole rings is 1. The highest BCUT2D eigenvalue weighted by molar-refractivity contribution is 7.20. The summed E-state index contributed by atoms with van der Waals surface area (Å²) in [4.78, 5) is 17.1. The Labute approximate surface area is 247 Å². The third-order valence-corrected chi connectivity index (χ3v) is 9.21. The van der Waals surface area contributed by atoms with Gasteiger partial charge in [0.15, 0.2) is 17.3 Å². The molecule has 2 N–H and O–H groups in total. The van der Waals surface area contributed by atoms with E-state index in [1.165, 1.54) is 23.5 Å². The van der Waals surface area contributed by atoms with Gasteiger partial charge in [-0.25, -0.2) is 14.4 Å². The molecule has 13 heteroatoms. The fraction of sp³-hybridized carbons (Fsp3) is 0.500. The third-order valence-electron chi connectivity index (χ3n) is 7.20. The van der Waals surface area contributed by atoms with E-state index in [1.807, 2.05) is 49.2 Å². The average Bonchev–Trinajstić information content (AvgIpc) is 3.64. The number of fused-ring (bicyclic) bond motifs is 1. The largest absolute Gasteiger partial charge is 0.365 e. The average molecular weight is 598 g/mol. The molecular formula is C28H36FN9OS2. The van der Waals surface area contributed by atoms with E-state index in [0.717, 1.165) is 47.5 Å². The van der Waals surface area contributed by atoms with Crippen molar-refractivity contribution in [1.82, 2.24) is 29.8 Å². The van der Waals surface area contributed by atoms with E-state index in [4.69, 9.17) is 15.1 Å². The fourth-order valence-electron chi connectivity index (χ4n) is 5.04. The number of hydrogen-bond donors (Lipinski definition) is 2. The summed E-state index contributed by atoms with van der Waals surface area (Å²) >= 11 is 2.83. The molecule has 4 heterocycles. The van der Waals surface area contributed by atoms with Crippen molar-refractivity contribution in [2.24, 2.45) is 0 Å².